The first-order valence-electron chi connectivity index (χ1n) is 14.4. The van der Waals surface area contributed by atoms with Crippen molar-refractivity contribution in [1.82, 2.24) is 18.9 Å². The van der Waals surface area contributed by atoms with Crippen LogP contribution in [0.2, 0.25) is 0 Å². The molecule has 0 saturated heterocycles. The van der Waals surface area contributed by atoms with Crippen LogP contribution < -0.4 is 10.3 Å². The van der Waals surface area contributed by atoms with Crippen molar-refractivity contribution in [3.8, 4) is 16.9 Å². The van der Waals surface area contributed by atoms with E-state index >= 15 is 4.39 Å². The summed E-state index contributed by atoms with van der Waals surface area (Å²) in [5.41, 5.74) is 2.74. The summed E-state index contributed by atoms with van der Waals surface area (Å²) in [7, 11) is 4.86. The van der Waals surface area contributed by atoms with Gasteiger partial charge in [0.1, 0.15) is 17.0 Å². The highest BCUT2D eigenvalue weighted by atomic mass is 19.1. The Balaban J connectivity index is 1.83. The molecule has 44 heavy (non-hydrogen) atoms. The van der Waals surface area contributed by atoms with Gasteiger partial charge in [-0.1, -0.05) is 60.7 Å². The smallest absolute Gasteiger partial charge is 0.317 e. The van der Waals surface area contributed by atoms with Gasteiger partial charge in [-0.3, -0.25) is 14.5 Å². The van der Waals surface area contributed by atoms with Gasteiger partial charge in [0.2, 0.25) is 5.78 Å². The highest BCUT2D eigenvalue weighted by molar-refractivity contribution is 5.82. The van der Waals surface area contributed by atoms with E-state index in [1.807, 2.05) is 67.1 Å². The van der Waals surface area contributed by atoms with E-state index in [1.165, 1.54) is 13.2 Å². The van der Waals surface area contributed by atoms with Gasteiger partial charge in [-0.05, 0) is 57.1 Å². The Kier molecular flexibility index (Phi) is 8.69. The van der Waals surface area contributed by atoms with Crippen molar-refractivity contribution in [3.63, 3.8) is 0 Å². The summed E-state index contributed by atoms with van der Waals surface area (Å²) in [5, 5.41) is 0. The van der Waals surface area contributed by atoms with Crippen LogP contribution in [-0.2, 0) is 34.6 Å². The van der Waals surface area contributed by atoms with Crippen molar-refractivity contribution in [1.29, 1.82) is 0 Å². The number of carbonyl (C=O) groups is 1. The average molecular weight is 597 g/mol. The van der Waals surface area contributed by atoms with Crippen molar-refractivity contribution in [2.75, 3.05) is 21.3 Å². The lowest BCUT2D eigenvalue weighted by atomic mass is 9.88. The molecule has 228 valence electrons. The lowest BCUT2D eigenvalue weighted by Crippen LogP contribution is -2.33. The van der Waals surface area contributed by atoms with E-state index in [2.05, 4.69) is 4.90 Å². The highest BCUT2D eigenvalue weighted by Gasteiger charge is 2.38. The van der Waals surface area contributed by atoms with E-state index in [9.17, 15) is 9.59 Å². The molecule has 0 spiro atoms. The second-order valence-electron chi connectivity index (χ2n) is 11.5. The molecule has 2 aromatic heterocycles. The van der Waals surface area contributed by atoms with E-state index in [0.717, 1.165) is 5.56 Å². The largest absolute Gasteiger partial charge is 0.497 e. The maximum Gasteiger partial charge on any atom is 0.317 e. The molecule has 0 aliphatic carbocycles. The summed E-state index contributed by atoms with van der Waals surface area (Å²) in [6.45, 7) is 6.34. The second kappa shape index (κ2) is 12.5. The van der Waals surface area contributed by atoms with Crippen LogP contribution in [0, 0.1) is 12.7 Å². The van der Waals surface area contributed by atoms with E-state index in [4.69, 9.17) is 14.5 Å². The number of ether oxygens (including phenoxy) is 2. The van der Waals surface area contributed by atoms with E-state index in [1.54, 1.807) is 49.6 Å². The fourth-order valence-corrected chi connectivity index (χ4v) is 5.69. The molecule has 0 unspecified atom stereocenters. The van der Waals surface area contributed by atoms with Crippen LogP contribution in [0.5, 0.6) is 5.75 Å². The summed E-state index contributed by atoms with van der Waals surface area (Å²) in [6.07, 6.45) is 0. The maximum absolute atomic E-state index is 15.0. The van der Waals surface area contributed by atoms with E-state index in [-0.39, 0.29) is 17.9 Å². The molecular formula is C35H37FN4O4. The van der Waals surface area contributed by atoms with Crippen LogP contribution in [0.25, 0.3) is 16.9 Å². The SMILES string of the molecule is COC(=O)C(C)(C)c1nc2n(Cc3ccccc3F)c(C)c(-c3cccc(OC)c3)c(=O)n2c1CN(C)Cc1ccccc1. The number of halogens is 1. The molecule has 0 aliphatic rings. The van der Waals surface area contributed by atoms with Gasteiger partial charge in [0.15, 0.2) is 0 Å². The Morgan fingerprint density at radius 3 is 2.36 bits per heavy atom. The lowest BCUT2D eigenvalue weighted by Gasteiger charge is -2.23. The fraction of sp³-hybridized carbons (Fsp3) is 0.286. The third kappa shape index (κ3) is 5.75. The first kappa shape index (κ1) is 30.7. The minimum Gasteiger partial charge on any atom is -0.497 e. The van der Waals surface area contributed by atoms with Crippen LogP contribution in [0.1, 0.15) is 42.1 Å². The van der Waals surface area contributed by atoms with Crippen molar-refractivity contribution < 1.29 is 18.7 Å². The van der Waals surface area contributed by atoms with Crippen molar-refractivity contribution in [2.24, 2.45) is 0 Å². The Bertz CT molecular complexity index is 1880. The molecule has 5 aromatic rings. The van der Waals surface area contributed by atoms with Gasteiger partial charge >= 0.3 is 5.97 Å². The molecule has 0 radical (unpaired) electrons. The Morgan fingerprint density at radius 2 is 1.68 bits per heavy atom. The number of aromatic nitrogens is 3. The van der Waals surface area contributed by atoms with Crippen LogP contribution >= 0.6 is 0 Å². The summed E-state index contributed by atoms with van der Waals surface area (Å²) < 4.78 is 29.1. The number of imidazole rings is 1. The van der Waals surface area contributed by atoms with Crippen LogP contribution in [0.3, 0.4) is 0 Å². The minimum atomic E-state index is -1.18. The molecule has 9 heteroatoms. The molecule has 3 aromatic carbocycles. The molecule has 8 nitrogen and oxygen atoms in total. The first-order chi connectivity index (χ1) is 21.1. The summed E-state index contributed by atoms with van der Waals surface area (Å²) >= 11 is 0. The molecule has 2 heterocycles. The number of esters is 1. The van der Waals surface area contributed by atoms with Crippen LogP contribution in [0.15, 0.2) is 83.7 Å². The standard InChI is InChI=1S/C35H37FN4O4/c1-23-30(25-16-12-17-27(19-25)43-5)32(41)40-29(22-38(4)20-24-13-8-7-9-14-24)31(35(2,3)33(42)44-6)37-34(40)39(23)21-26-15-10-11-18-28(26)36/h7-19H,20-22H2,1-6H3. The Labute approximate surface area is 256 Å². The van der Waals surface area contributed by atoms with Gasteiger partial charge in [0.05, 0.1) is 37.7 Å². The van der Waals surface area contributed by atoms with Gasteiger partial charge in [-0.25, -0.2) is 13.8 Å². The van der Waals surface area contributed by atoms with Gasteiger partial charge < -0.3 is 14.0 Å². The monoisotopic (exact) mass is 596 g/mol. The Hall–Kier alpha value is -4.76. The highest BCUT2D eigenvalue weighted by Crippen LogP contribution is 2.32. The average Bonchev–Trinajstić information content (AvgIpc) is 3.40. The van der Waals surface area contributed by atoms with Crippen molar-refractivity contribution in [3.05, 3.63) is 123 Å². The predicted molar refractivity (Wildman–Crippen MR) is 168 cm³/mol. The third-order valence-electron chi connectivity index (χ3n) is 8.03. The molecule has 0 amide bonds. The summed E-state index contributed by atoms with van der Waals surface area (Å²) in [4.78, 5) is 34.8. The van der Waals surface area contributed by atoms with E-state index < -0.39 is 11.4 Å². The minimum absolute atomic E-state index is 0.119. The third-order valence-corrected chi connectivity index (χ3v) is 8.03. The lowest BCUT2D eigenvalue weighted by molar-refractivity contribution is -0.146. The summed E-state index contributed by atoms with van der Waals surface area (Å²) in [6, 6.07) is 23.8. The van der Waals surface area contributed by atoms with Gasteiger partial charge in [0.25, 0.3) is 5.56 Å². The normalized spacial score (nSPS) is 11.7. The molecule has 0 N–H and O–H groups in total. The van der Waals surface area contributed by atoms with Gasteiger partial charge in [-0.2, -0.15) is 0 Å². The molecule has 0 aliphatic heterocycles. The molecule has 0 bridgehead atoms. The molecule has 0 saturated carbocycles. The number of hydrogen-bond donors (Lipinski definition) is 0. The maximum atomic E-state index is 15.0. The second-order valence-corrected chi connectivity index (χ2v) is 11.5. The number of methoxy groups -OCH3 is 2. The zero-order valence-electron chi connectivity index (χ0n) is 25.9. The van der Waals surface area contributed by atoms with E-state index in [0.29, 0.717) is 58.4 Å². The topological polar surface area (TPSA) is 78.1 Å². The number of rotatable bonds is 10. The molecule has 0 fully saturated rings. The van der Waals surface area contributed by atoms with Crippen LogP contribution in [-0.4, -0.2) is 46.1 Å². The Morgan fingerprint density at radius 1 is 0.977 bits per heavy atom. The van der Waals surface area contributed by atoms with Crippen LogP contribution in [0.4, 0.5) is 4.39 Å². The number of carbonyl (C=O) groups excluding carboxylic acids is 1. The zero-order valence-corrected chi connectivity index (χ0v) is 25.9. The first-order valence-corrected chi connectivity index (χ1v) is 14.4. The zero-order chi connectivity index (χ0) is 31.6. The predicted octanol–water partition coefficient (Wildman–Crippen LogP) is 5.75. The number of nitrogens with zero attached hydrogens (tertiary/aromatic N) is 4. The van der Waals surface area contributed by atoms with Gasteiger partial charge in [0, 0.05) is 24.3 Å². The number of fused-ring (bicyclic) bond motifs is 1. The number of benzene rings is 3. The fourth-order valence-electron chi connectivity index (χ4n) is 5.69. The quantitative estimate of drug-likeness (QED) is 0.191. The summed E-state index contributed by atoms with van der Waals surface area (Å²) in [5.74, 6) is 0.0717. The van der Waals surface area contributed by atoms with Gasteiger partial charge in [-0.15, -0.1) is 0 Å². The molecule has 0 atom stereocenters. The van der Waals surface area contributed by atoms with Crippen molar-refractivity contribution >= 4 is 11.7 Å². The van der Waals surface area contributed by atoms with Crippen molar-refractivity contribution in [2.45, 2.75) is 45.8 Å². The number of hydrogen-bond acceptors (Lipinski definition) is 6. The molecular weight excluding hydrogens is 559 g/mol. The molecule has 5 rings (SSSR count).